The summed E-state index contributed by atoms with van der Waals surface area (Å²) in [4.78, 5) is 35.6. The van der Waals surface area contributed by atoms with Crippen molar-refractivity contribution >= 4 is 18.0 Å². The summed E-state index contributed by atoms with van der Waals surface area (Å²) in [5.74, 6) is -1.58. The minimum absolute atomic E-state index is 0.0201. The molecule has 0 fully saturated rings. The molecule has 2 aromatic carbocycles. The van der Waals surface area contributed by atoms with Gasteiger partial charge < -0.3 is 24.9 Å². The van der Waals surface area contributed by atoms with Crippen molar-refractivity contribution in [2.75, 3.05) is 6.61 Å². The van der Waals surface area contributed by atoms with E-state index in [1.54, 1.807) is 0 Å². The molecule has 0 unspecified atom stereocenters. The zero-order valence-corrected chi connectivity index (χ0v) is 18.3. The molecule has 1 aliphatic rings. The standard InChI is InChI=1S/C25H24N2O6/c1-25(2,23(29)30)27-22(28)21-12-11-15(33-21)13-26-24(31)32-14-20-18-9-5-3-7-16(18)17-8-4-6-10-19(17)20/h3-12,20H,13-14H2,1-2H3,(H,26,31)(H,27,28)(H,29,30). The number of carbonyl (C=O) groups excluding carboxylic acids is 2. The Hall–Kier alpha value is -4.07. The van der Waals surface area contributed by atoms with E-state index in [-0.39, 0.29) is 24.8 Å². The summed E-state index contributed by atoms with van der Waals surface area (Å²) in [6, 6.07) is 19.1. The summed E-state index contributed by atoms with van der Waals surface area (Å²) < 4.78 is 10.9. The van der Waals surface area contributed by atoms with Gasteiger partial charge >= 0.3 is 12.1 Å². The monoisotopic (exact) mass is 448 g/mol. The zero-order chi connectivity index (χ0) is 23.6. The Bertz CT molecular complexity index is 1170. The number of carboxylic acid groups (broad SMARTS) is 1. The molecular weight excluding hydrogens is 424 g/mol. The highest BCUT2D eigenvalue weighted by Crippen LogP contribution is 2.44. The molecule has 8 nitrogen and oxygen atoms in total. The molecule has 33 heavy (non-hydrogen) atoms. The number of alkyl carbamates (subject to hydrolysis) is 1. The maximum absolute atomic E-state index is 12.3. The molecule has 4 rings (SSSR count). The van der Waals surface area contributed by atoms with Crippen molar-refractivity contribution in [3.8, 4) is 11.1 Å². The number of aliphatic carboxylic acids is 1. The van der Waals surface area contributed by atoms with Gasteiger partial charge in [0.25, 0.3) is 5.91 Å². The van der Waals surface area contributed by atoms with Crippen LogP contribution in [-0.2, 0) is 16.1 Å². The number of rotatable bonds is 7. The van der Waals surface area contributed by atoms with Crippen LogP contribution in [0.2, 0.25) is 0 Å². The van der Waals surface area contributed by atoms with Gasteiger partial charge in [-0.2, -0.15) is 0 Å². The lowest BCUT2D eigenvalue weighted by atomic mass is 9.98. The first-order valence-corrected chi connectivity index (χ1v) is 10.5. The number of carboxylic acids is 1. The Morgan fingerprint density at radius 3 is 2.18 bits per heavy atom. The molecule has 0 radical (unpaired) electrons. The molecule has 170 valence electrons. The zero-order valence-electron chi connectivity index (χ0n) is 18.3. The first-order chi connectivity index (χ1) is 15.8. The topological polar surface area (TPSA) is 118 Å². The Morgan fingerprint density at radius 1 is 0.970 bits per heavy atom. The summed E-state index contributed by atoms with van der Waals surface area (Å²) >= 11 is 0. The van der Waals surface area contributed by atoms with Crippen molar-refractivity contribution in [3.63, 3.8) is 0 Å². The van der Waals surface area contributed by atoms with Crippen molar-refractivity contribution in [3.05, 3.63) is 83.3 Å². The van der Waals surface area contributed by atoms with E-state index >= 15 is 0 Å². The Labute approximate surface area is 190 Å². The molecule has 1 aliphatic carbocycles. The summed E-state index contributed by atoms with van der Waals surface area (Å²) in [5.41, 5.74) is 3.10. The summed E-state index contributed by atoms with van der Waals surface area (Å²) in [5, 5.41) is 14.1. The van der Waals surface area contributed by atoms with Crippen LogP contribution >= 0.6 is 0 Å². The maximum atomic E-state index is 12.3. The van der Waals surface area contributed by atoms with Crippen LogP contribution in [0.5, 0.6) is 0 Å². The third-order valence-corrected chi connectivity index (χ3v) is 5.60. The minimum atomic E-state index is -1.44. The highest BCUT2D eigenvalue weighted by atomic mass is 16.5. The second-order valence-corrected chi connectivity index (χ2v) is 8.33. The number of furan rings is 1. The van der Waals surface area contributed by atoms with Crippen LogP contribution in [0.1, 0.15) is 47.2 Å². The highest BCUT2D eigenvalue weighted by molar-refractivity contribution is 5.95. The molecule has 3 aromatic rings. The number of amides is 2. The lowest BCUT2D eigenvalue weighted by molar-refractivity contribution is -0.143. The molecule has 0 saturated carbocycles. The third-order valence-electron chi connectivity index (χ3n) is 5.60. The fourth-order valence-corrected chi connectivity index (χ4v) is 3.80. The minimum Gasteiger partial charge on any atom is -0.480 e. The molecule has 0 aliphatic heterocycles. The molecule has 3 N–H and O–H groups in total. The van der Waals surface area contributed by atoms with Crippen LogP contribution < -0.4 is 10.6 Å². The summed E-state index contributed by atoms with van der Waals surface area (Å²) in [6.45, 7) is 2.95. The first-order valence-electron chi connectivity index (χ1n) is 10.5. The predicted molar refractivity (Wildman–Crippen MR) is 120 cm³/mol. The normalized spacial score (nSPS) is 12.5. The number of ether oxygens (including phenoxy) is 1. The van der Waals surface area contributed by atoms with Gasteiger partial charge in [-0.1, -0.05) is 48.5 Å². The van der Waals surface area contributed by atoms with Gasteiger partial charge in [0, 0.05) is 5.92 Å². The van der Waals surface area contributed by atoms with E-state index in [1.165, 1.54) is 26.0 Å². The van der Waals surface area contributed by atoms with Crippen molar-refractivity contribution in [2.24, 2.45) is 0 Å². The third kappa shape index (κ3) is 4.59. The fourth-order valence-electron chi connectivity index (χ4n) is 3.80. The molecular formula is C25H24N2O6. The number of hydrogen-bond donors (Lipinski definition) is 3. The quantitative estimate of drug-likeness (QED) is 0.504. The SMILES string of the molecule is CC(C)(NC(=O)c1ccc(CNC(=O)OCC2c3ccccc3-c3ccccc32)o1)C(=O)O. The fraction of sp³-hybridized carbons (Fsp3) is 0.240. The largest absolute Gasteiger partial charge is 0.480 e. The second kappa shape index (κ2) is 8.82. The van der Waals surface area contributed by atoms with Gasteiger partial charge in [0.2, 0.25) is 0 Å². The average molecular weight is 448 g/mol. The predicted octanol–water partition coefficient (Wildman–Crippen LogP) is 3.91. The summed E-state index contributed by atoms with van der Waals surface area (Å²) in [6.07, 6.45) is -0.605. The molecule has 1 heterocycles. The molecule has 0 bridgehead atoms. The van der Waals surface area contributed by atoms with Crippen LogP contribution in [0.25, 0.3) is 11.1 Å². The van der Waals surface area contributed by atoms with E-state index < -0.39 is 23.5 Å². The summed E-state index contributed by atoms with van der Waals surface area (Å²) in [7, 11) is 0. The number of hydrogen-bond acceptors (Lipinski definition) is 5. The Kier molecular flexibility index (Phi) is 5.91. The van der Waals surface area contributed by atoms with Crippen molar-refractivity contribution in [2.45, 2.75) is 31.8 Å². The van der Waals surface area contributed by atoms with Crippen LogP contribution in [0.3, 0.4) is 0 Å². The average Bonchev–Trinajstić information content (AvgIpc) is 3.39. The van der Waals surface area contributed by atoms with Gasteiger partial charge in [-0.05, 0) is 48.2 Å². The Balaban J connectivity index is 1.32. The lowest BCUT2D eigenvalue weighted by Crippen LogP contribution is -2.49. The van der Waals surface area contributed by atoms with Gasteiger partial charge in [-0.3, -0.25) is 4.79 Å². The van der Waals surface area contributed by atoms with Crippen LogP contribution in [-0.4, -0.2) is 35.2 Å². The van der Waals surface area contributed by atoms with E-state index in [1.807, 2.05) is 36.4 Å². The van der Waals surface area contributed by atoms with Crippen molar-refractivity contribution in [1.29, 1.82) is 0 Å². The van der Waals surface area contributed by atoms with Crippen molar-refractivity contribution in [1.82, 2.24) is 10.6 Å². The Morgan fingerprint density at radius 2 is 1.58 bits per heavy atom. The molecule has 0 spiro atoms. The van der Waals surface area contributed by atoms with E-state index in [0.29, 0.717) is 5.76 Å². The number of carbonyl (C=O) groups is 3. The van der Waals surface area contributed by atoms with Crippen molar-refractivity contribution < 1.29 is 28.6 Å². The van der Waals surface area contributed by atoms with E-state index in [4.69, 9.17) is 14.3 Å². The molecule has 1 aromatic heterocycles. The molecule has 8 heteroatoms. The van der Waals surface area contributed by atoms with Gasteiger partial charge in [-0.25, -0.2) is 9.59 Å². The van der Waals surface area contributed by atoms with Gasteiger partial charge in [0.05, 0.1) is 6.54 Å². The number of benzene rings is 2. The number of nitrogens with one attached hydrogen (secondary N) is 2. The first kappa shape index (κ1) is 22.1. The van der Waals surface area contributed by atoms with Gasteiger partial charge in [-0.15, -0.1) is 0 Å². The smallest absolute Gasteiger partial charge is 0.407 e. The molecule has 0 saturated heterocycles. The highest BCUT2D eigenvalue weighted by Gasteiger charge is 2.31. The molecule has 2 amide bonds. The van der Waals surface area contributed by atoms with Crippen LogP contribution in [0, 0.1) is 0 Å². The van der Waals surface area contributed by atoms with Gasteiger partial charge in [0.15, 0.2) is 5.76 Å². The second-order valence-electron chi connectivity index (χ2n) is 8.33. The van der Waals surface area contributed by atoms with Crippen LogP contribution in [0.4, 0.5) is 4.79 Å². The van der Waals surface area contributed by atoms with Gasteiger partial charge in [0.1, 0.15) is 17.9 Å². The van der Waals surface area contributed by atoms with E-state index in [0.717, 1.165) is 22.3 Å². The van der Waals surface area contributed by atoms with Crippen LogP contribution in [0.15, 0.2) is 65.1 Å². The molecule has 0 atom stereocenters. The lowest BCUT2D eigenvalue weighted by Gasteiger charge is -2.19. The van der Waals surface area contributed by atoms with E-state index in [9.17, 15) is 14.4 Å². The maximum Gasteiger partial charge on any atom is 0.407 e. The number of fused-ring (bicyclic) bond motifs is 3. The van der Waals surface area contributed by atoms with E-state index in [2.05, 4.69) is 22.8 Å².